The fourth-order valence-electron chi connectivity index (χ4n) is 4.10. The second-order valence-corrected chi connectivity index (χ2v) is 10.5. The molecule has 0 aliphatic carbocycles. The van der Waals surface area contributed by atoms with E-state index in [2.05, 4.69) is 5.32 Å². The molecule has 2 amide bonds. The van der Waals surface area contributed by atoms with E-state index < -0.39 is 15.9 Å². The molecule has 0 bridgehead atoms. The molecule has 182 valence electrons. The fraction of sp³-hybridized carbons (Fsp3) is 0.259. The molecule has 1 fully saturated rings. The summed E-state index contributed by atoms with van der Waals surface area (Å²) in [5.41, 5.74) is 3.15. The van der Waals surface area contributed by atoms with Crippen molar-refractivity contribution in [1.82, 2.24) is 10.2 Å². The number of aryl methyl sites for hydroxylation is 1. The highest BCUT2D eigenvalue weighted by atomic mass is 32.2. The van der Waals surface area contributed by atoms with E-state index in [1.54, 1.807) is 30.3 Å². The van der Waals surface area contributed by atoms with Crippen molar-refractivity contribution in [3.05, 3.63) is 95.6 Å². The Morgan fingerprint density at radius 2 is 1.60 bits per heavy atom. The average Bonchev–Trinajstić information content (AvgIpc) is 3.27. The third-order valence-corrected chi connectivity index (χ3v) is 7.83. The molecule has 1 N–H and O–H groups in total. The normalized spacial score (nSPS) is 13.6. The number of sulfonamides is 1. The smallest absolute Gasteiger partial charge is 0.264 e. The molecule has 0 unspecified atom stereocenters. The third kappa shape index (κ3) is 5.89. The van der Waals surface area contributed by atoms with Gasteiger partial charge in [0, 0.05) is 26.1 Å². The predicted molar refractivity (Wildman–Crippen MR) is 135 cm³/mol. The lowest BCUT2D eigenvalue weighted by Crippen LogP contribution is -2.41. The minimum atomic E-state index is -3.94. The van der Waals surface area contributed by atoms with Crippen molar-refractivity contribution < 1.29 is 18.0 Å². The van der Waals surface area contributed by atoms with Gasteiger partial charge in [0.1, 0.15) is 6.54 Å². The molecule has 35 heavy (non-hydrogen) atoms. The Morgan fingerprint density at radius 3 is 2.26 bits per heavy atom. The number of nitrogens with zero attached hydrogens (tertiary/aromatic N) is 2. The van der Waals surface area contributed by atoms with Crippen molar-refractivity contribution in [2.24, 2.45) is 0 Å². The molecule has 4 rings (SSSR count). The first-order valence-corrected chi connectivity index (χ1v) is 13.0. The first-order chi connectivity index (χ1) is 16.8. The number of hydrogen-bond donors (Lipinski definition) is 1. The molecule has 1 aliphatic rings. The Hall–Kier alpha value is -3.65. The number of carbonyl (C=O) groups is 2. The highest BCUT2D eigenvalue weighted by Gasteiger charge is 2.28. The number of anilines is 1. The summed E-state index contributed by atoms with van der Waals surface area (Å²) in [6, 6.07) is 22.9. The van der Waals surface area contributed by atoms with Crippen molar-refractivity contribution in [2.45, 2.75) is 37.8 Å². The maximum absolute atomic E-state index is 13.4. The van der Waals surface area contributed by atoms with Crippen molar-refractivity contribution >= 4 is 27.5 Å². The first kappa shape index (κ1) is 24.5. The Bertz CT molecular complexity index is 1290. The molecule has 8 heteroatoms. The third-order valence-electron chi connectivity index (χ3n) is 6.06. The van der Waals surface area contributed by atoms with Crippen LogP contribution in [0.1, 0.15) is 29.5 Å². The van der Waals surface area contributed by atoms with E-state index in [1.807, 2.05) is 48.2 Å². The second kappa shape index (κ2) is 10.7. The van der Waals surface area contributed by atoms with Gasteiger partial charge in [-0.15, -0.1) is 0 Å². The van der Waals surface area contributed by atoms with Crippen LogP contribution in [0.4, 0.5) is 5.69 Å². The maximum atomic E-state index is 13.4. The zero-order valence-electron chi connectivity index (χ0n) is 19.7. The number of para-hydroxylation sites is 1. The monoisotopic (exact) mass is 491 g/mol. The van der Waals surface area contributed by atoms with Crippen LogP contribution in [0.5, 0.6) is 0 Å². The lowest BCUT2D eigenvalue weighted by atomic mass is 10.1. The summed E-state index contributed by atoms with van der Waals surface area (Å²) in [4.78, 5) is 26.7. The van der Waals surface area contributed by atoms with Crippen LogP contribution in [-0.4, -0.2) is 38.2 Å². The molecule has 0 spiro atoms. The SMILES string of the molecule is Cc1ccccc1N(CC(=O)NCc1ccc(CN2CCCC2=O)cc1)S(=O)(=O)c1ccccc1. The topological polar surface area (TPSA) is 86.8 Å². The van der Waals surface area contributed by atoms with Gasteiger partial charge in [-0.1, -0.05) is 60.7 Å². The van der Waals surface area contributed by atoms with Gasteiger partial charge < -0.3 is 10.2 Å². The maximum Gasteiger partial charge on any atom is 0.264 e. The average molecular weight is 492 g/mol. The van der Waals surface area contributed by atoms with Crippen molar-refractivity contribution in [3.63, 3.8) is 0 Å². The molecule has 1 aliphatic heterocycles. The Kier molecular flexibility index (Phi) is 7.51. The van der Waals surface area contributed by atoms with Crippen LogP contribution >= 0.6 is 0 Å². The summed E-state index contributed by atoms with van der Waals surface area (Å²) in [5.74, 6) is -0.218. The highest BCUT2D eigenvalue weighted by molar-refractivity contribution is 7.92. The lowest BCUT2D eigenvalue weighted by molar-refractivity contribution is -0.128. The molecular weight excluding hydrogens is 462 g/mol. The largest absolute Gasteiger partial charge is 0.350 e. The molecular formula is C27H29N3O4S. The molecule has 0 atom stereocenters. The summed E-state index contributed by atoms with van der Waals surface area (Å²) >= 11 is 0. The first-order valence-electron chi connectivity index (χ1n) is 11.6. The number of benzene rings is 3. The Balaban J connectivity index is 1.44. The van der Waals surface area contributed by atoms with E-state index in [0.29, 0.717) is 18.7 Å². The van der Waals surface area contributed by atoms with Gasteiger partial charge >= 0.3 is 0 Å². The molecule has 1 saturated heterocycles. The molecule has 3 aromatic carbocycles. The van der Waals surface area contributed by atoms with Gasteiger partial charge in [0.25, 0.3) is 10.0 Å². The van der Waals surface area contributed by atoms with Crippen molar-refractivity contribution in [1.29, 1.82) is 0 Å². The quantitative estimate of drug-likeness (QED) is 0.495. The molecule has 0 radical (unpaired) electrons. The van der Waals surface area contributed by atoms with Crippen LogP contribution in [0.15, 0.2) is 83.8 Å². The zero-order chi connectivity index (χ0) is 24.8. The number of hydrogen-bond acceptors (Lipinski definition) is 4. The summed E-state index contributed by atoms with van der Waals surface area (Å²) in [7, 11) is -3.94. The van der Waals surface area contributed by atoms with Crippen LogP contribution < -0.4 is 9.62 Å². The highest BCUT2D eigenvalue weighted by Crippen LogP contribution is 2.26. The van der Waals surface area contributed by atoms with E-state index in [-0.39, 0.29) is 23.9 Å². The van der Waals surface area contributed by atoms with Gasteiger partial charge in [0.15, 0.2) is 0 Å². The van der Waals surface area contributed by atoms with Crippen LogP contribution in [0.2, 0.25) is 0 Å². The van der Waals surface area contributed by atoms with Gasteiger partial charge in [0.2, 0.25) is 11.8 Å². The molecule has 3 aromatic rings. The van der Waals surface area contributed by atoms with Crippen LogP contribution in [0.3, 0.4) is 0 Å². The fourth-order valence-corrected chi connectivity index (χ4v) is 5.61. The Labute approximate surface area is 206 Å². The van der Waals surface area contributed by atoms with E-state index in [0.717, 1.165) is 34.0 Å². The molecule has 0 aromatic heterocycles. The summed E-state index contributed by atoms with van der Waals surface area (Å²) in [6.07, 6.45) is 1.52. The van der Waals surface area contributed by atoms with E-state index in [4.69, 9.17) is 0 Å². The Morgan fingerprint density at radius 1 is 0.943 bits per heavy atom. The van der Waals surface area contributed by atoms with E-state index >= 15 is 0 Å². The number of rotatable bonds is 9. The van der Waals surface area contributed by atoms with Gasteiger partial charge in [-0.2, -0.15) is 0 Å². The minimum Gasteiger partial charge on any atom is -0.350 e. The number of carbonyl (C=O) groups excluding carboxylic acids is 2. The van der Waals surface area contributed by atoms with Gasteiger partial charge in [-0.3, -0.25) is 13.9 Å². The summed E-state index contributed by atoms with van der Waals surface area (Å²) < 4.78 is 28.0. The second-order valence-electron chi connectivity index (χ2n) is 8.62. The standard InChI is InChI=1S/C27H29N3O4S/c1-21-8-5-6-11-25(21)30(35(33,34)24-9-3-2-4-10-24)20-26(31)28-18-22-13-15-23(16-14-22)19-29-17-7-12-27(29)32/h2-6,8-11,13-16H,7,12,17-20H2,1H3,(H,28,31). The minimum absolute atomic E-state index is 0.128. The van der Waals surface area contributed by atoms with Crippen LogP contribution in [-0.2, 0) is 32.7 Å². The zero-order valence-corrected chi connectivity index (χ0v) is 20.5. The predicted octanol–water partition coefficient (Wildman–Crippen LogP) is 3.63. The molecule has 0 saturated carbocycles. The lowest BCUT2D eigenvalue weighted by Gasteiger charge is -2.25. The van der Waals surface area contributed by atoms with Crippen molar-refractivity contribution in [3.8, 4) is 0 Å². The number of likely N-dealkylation sites (tertiary alicyclic amines) is 1. The van der Waals surface area contributed by atoms with Gasteiger partial charge in [0.05, 0.1) is 10.6 Å². The van der Waals surface area contributed by atoms with Crippen LogP contribution in [0.25, 0.3) is 0 Å². The van der Waals surface area contributed by atoms with Crippen LogP contribution in [0, 0.1) is 6.92 Å². The summed E-state index contributed by atoms with van der Waals surface area (Å²) in [5, 5.41) is 2.83. The summed E-state index contributed by atoms with van der Waals surface area (Å²) in [6.45, 7) is 3.14. The number of amides is 2. The molecule has 1 heterocycles. The number of nitrogens with one attached hydrogen (secondary N) is 1. The molecule has 7 nitrogen and oxygen atoms in total. The van der Waals surface area contributed by atoms with Crippen molar-refractivity contribution in [2.75, 3.05) is 17.4 Å². The van der Waals surface area contributed by atoms with E-state index in [1.165, 1.54) is 12.1 Å². The van der Waals surface area contributed by atoms with Gasteiger partial charge in [-0.05, 0) is 48.2 Å². The van der Waals surface area contributed by atoms with E-state index in [9.17, 15) is 18.0 Å². The van der Waals surface area contributed by atoms with Gasteiger partial charge in [-0.25, -0.2) is 8.42 Å².